The van der Waals surface area contributed by atoms with Crippen LogP contribution in [0.2, 0.25) is 0 Å². The van der Waals surface area contributed by atoms with Gasteiger partial charge in [-0.2, -0.15) is 0 Å². The van der Waals surface area contributed by atoms with Crippen molar-refractivity contribution in [2.75, 3.05) is 18.4 Å². The molecule has 31 heavy (non-hydrogen) atoms. The molecular weight excluding hydrogens is 408 g/mol. The van der Waals surface area contributed by atoms with E-state index in [1.165, 1.54) is 23.1 Å². The van der Waals surface area contributed by atoms with Gasteiger partial charge in [-0.15, -0.1) is 0 Å². The normalized spacial score (nSPS) is 18.2. The predicted molar refractivity (Wildman–Crippen MR) is 106 cm³/mol. The summed E-state index contributed by atoms with van der Waals surface area (Å²) in [4.78, 5) is 74.9. The lowest BCUT2D eigenvalue weighted by Crippen LogP contribution is -2.54. The molecule has 0 saturated carbocycles. The summed E-state index contributed by atoms with van der Waals surface area (Å²) in [6.07, 6.45) is 0.0496. The first-order valence-corrected chi connectivity index (χ1v) is 9.71. The molecule has 1 saturated heterocycles. The van der Waals surface area contributed by atoms with Crippen molar-refractivity contribution in [3.63, 3.8) is 0 Å². The smallest absolute Gasteiger partial charge is 0.323 e. The van der Waals surface area contributed by atoms with Gasteiger partial charge in [0.1, 0.15) is 12.6 Å². The first-order chi connectivity index (χ1) is 14.6. The number of rotatable bonds is 7. The van der Waals surface area contributed by atoms with Crippen LogP contribution in [0.4, 0.5) is 5.69 Å². The molecule has 2 heterocycles. The Hall–Kier alpha value is -3.76. The minimum atomic E-state index is -1.15. The molecule has 0 aliphatic carbocycles. The molecule has 1 aromatic carbocycles. The number of amides is 5. The standard InChI is InChI=1S/C20H22N4O7/c1-10(2)23(9-16(27)28)15(26)8-21-12-5-3-4-11-17(12)20(31)24(19(11)30)13-6-7-14(25)22-18(13)29/h3-5,10,13,21H,6-9H2,1-2H3,(H,27,28)(H,22,25,29). The number of carboxylic acids is 1. The van der Waals surface area contributed by atoms with Crippen LogP contribution in [0.1, 0.15) is 47.4 Å². The van der Waals surface area contributed by atoms with Crippen molar-refractivity contribution in [2.45, 2.75) is 38.8 Å². The number of carbonyl (C=O) groups excluding carboxylic acids is 5. The van der Waals surface area contributed by atoms with Gasteiger partial charge < -0.3 is 15.3 Å². The molecule has 0 spiro atoms. The van der Waals surface area contributed by atoms with E-state index in [4.69, 9.17) is 5.11 Å². The van der Waals surface area contributed by atoms with Gasteiger partial charge in [-0.1, -0.05) is 6.07 Å². The maximum atomic E-state index is 13.0. The number of hydrogen-bond donors (Lipinski definition) is 3. The average Bonchev–Trinajstić information content (AvgIpc) is 2.95. The van der Waals surface area contributed by atoms with Crippen molar-refractivity contribution in [3.8, 4) is 0 Å². The van der Waals surface area contributed by atoms with Crippen LogP contribution < -0.4 is 10.6 Å². The SMILES string of the molecule is CC(C)N(CC(=O)O)C(=O)CNc1cccc2c1C(=O)N(C1CCC(=O)NC1=O)C2=O. The Labute approximate surface area is 177 Å². The van der Waals surface area contributed by atoms with Crippen molar-refractivity contribution in [3.05, 3.63) is 29.3 Å². The maximum Gasteiger partial charge on any atom is 0.323 e. The lowest BCUT2D eigenvalue weighted by Gasteiger charge is -2.28. The summed E-state index contributed by atoms with van der Waals surface area (Å²) >= 11 is 0. The van der Waals surface area contributed by atoms with Crippen LogP contribution in [-0.4, -0.2) is 75.6 Å². The molecule has 164 valence electrons. The third-order valence-corrected chi connectivity index (χ3v) is 5.15. The quantitative estimate of drug-likeness (QED) is 0.504. The van der Waals surface area contributed by atoms with Crippen LogP contribution >= 0.6 is 0 Å². The molecule has 0 radical (unpaired) electrons. The minimum absolute atomic E-state index is 0.0119. The Balaban J connectivity index is 1.80. The number of nitrogens with zero attached hydrogens (tertiary/aromatic N) is 2. The maximum absolute atomic E-state index is 13.0. The fraction of sp³-hybridized carbons (Fsp3) is 0.400. The number of aliphatic carboxylic acids is 1. The van der Waals surface area contributed by atoms with E-state index in [0.717, 1.165) is 4.90 Å². The van der Waals surface area contributed by atoms with Crippen molar-refractivity contribution in [1.82, 2.24) is 15.1 Å². The lowest BCUT2D eigenvalue weighted by molar-refractivity contribution is -0.145. The highest BCUT2D eigenvalue weighted by atomic mass is 16.4. The van der Waals surface area contributed by atoms with Gasteiger partial charge in [0, 0.05) is 18.2 Å². The summed E-state index contributed by atoms with van der Waals surface area (Å²) in [5, 5.41) is 13.9. The molecule has 5 amide bonds. The highest BCUT2D eigenvalue weighted by Gasteiger charge is 2.45. The third-order valence-electron chi connectivity index (χ3n) is 5.15. The molecule has 1 fully saturated rings. The number of hydrogen-bond acceptors (Lipinski definition) is 7. The summed E-state index contributed by atoms with van der Waals surface area (Å²) in [5.41, 5.74) is 0.329. The van der Waals surface area contributed by atoms with Gasteiger partial charge >= 0.3 is 5.97 Å². The van der Waals surface area contributed by atoms with Gasteiger partial charge in [-0.25, -0.2) is 0 Å². The molecule has 0 aromatic heterocycles. The number of fused-ring (bicyclic) bond motifs is 1. The van der Waals surface area contributed by atoms with Gasteiger partial charge in [0.05, 0.1) is 17.7 Å². The zero-order chi connectivity index (χ0) is 22.9. The van der Waals surface area contributed by atoms with Gasteiger partial charge in [-0.3, -0.25) is 39.0 Å². The minimum Gasteiger partial charge on any atom is -0.480 e. The topological polar surface area (TPSA) is 153 Å². The second-order valence-corrected chi connectivity index (χ2v) is 7.54. The molecule has 0 bridgehead atoms. The van der Waals surface area contributed by atoms with E-state index in [1.54, 1.807) is 13.8 Å². The Morgan fingerprint density at radius 3 is 2.55 bits per heavy atom. The van der Waals surface area contributed by atoms with Gasteiger partial charge in [0.2, 0.25) is 17.7 Å². The van der Waals surface area contributed by atoms with Crippen LogP contribution in [0.25, 0.3) is 0 Å². The van der Waals surface area contributed by atoms with E-state index in [2.05, 4.69) is 10.6 Å². The van der Waals surface area contributed by atoms with Crippen LogP contribution in [0.3, 0.4) is 0 Å². The average molecular weight is 430 g/mol. The fourth-order valence-corrected chi connectivity index (χ4v) is 3.64. The number of benzene rings is 1. The second kappa shape index (κ2) is 8.54. The summed E-state index contributed by atoms with van der Waals surface area (Å²) in [7, 11) is 0. The first-order valence-electron chi connectivity index (χ1n) is 9.71. The molecule has 1 aromatic rings. The number of imide groups is 2. The summed E-state index contributed by atoms with van der Waals surface area (Å²) in [6.45, 7) is 2.61. The number of carboxylic acid groups (broad SMARTS) is 1. The molecule has 1 atom stereocenters. The summed E-state index contributed by atoms with van der Waals surface area (Å²) in [6, 6.07) is 3.05. The molecule has 1 unspecified atom stereocenters. The highest BCUT2D eigenvalue weighted by molar-refractivity contribution is 6.25. The molecule has 11 nitrogen and oxygen atoms in total. The van der Waals surface area contributed by atoms with Crippen LogP contribution in [0.15, 0.2) is 18.2 Å². The Kier molecular flexibility index (Phi) is 6.04. The van der Waals surface area contributed by atoms with E-state index < -0.39 is 48.1 Å². The first kappa shape index (κ1) is 21.9. The lowest BCUT2D eigenvalue weighted by atomic mass is 10.0. The molecule has 11 heteroatoms. The Bertz CT molecular complexity index is 988. The second-order valence-electron chi connectivity index (χ2n) is 7.54. The van der Waals surface area contributed by atoms with Crippen molar-refractivity contribution < 1.29 is 33.9 Å². The number of piperidine rings is 1. The zero-order valence-electron chi connectivity index (χ0n) is 17.0. The Morgan fingerprint density at radius 1 is 1.23 bits per heavy atom. The number of anilines is 1. The molecular formula is C20H22N4O7. The van der Waals surface area contributed by atoms with Crippen molar-refractivity contribution in [1.29, 1.82) is 0 Å². The third kappa shape index (κ3) is 4.25. The van der Waals surface area contributed by atoms with E-state index in [1.807, 2.05) is 0 Å². The van der Waals surface area contributed by atoms with Crippen molar-refractivity contribution >= 4 is 41.2 Å². The van der Waals surface area contributed by atoms with Gasteiger partial charge in [0.15, 0.2) is 0 Å². The summed E-state index contributed by atoms with van der Waals surface area (Å²) < 4.78 is 0. The van der Waals surface area contributed by atoms with Gasteiger partial charge in [0.25, 0.3) is 11.8 Å². The van der Waals surface area contributed by atoms with Crippen LogP contribution in [0, 0.1) is 0 Å². The highest BCUT2D eigenvalue weighted by Crippen LogP contribution is 2.32. The molecule has 3 N–H and O–H groups in total. The largest absolute Gasteiger partial charge is 0.480 e. The van der Waals surface area contributed by atoms with Crippen LogP contribution in [-0.2, 0) is 19.2 Å². The molecule has 3 rings (SSSR count). The van der Waals surface area contributed by atoms with E-state index in [9.17, 15) is 28.8 Å². The van der Waals surface area contributed by atoms with E-state index in [0.29, 0.717) is 0 Å². The summed E-state index contributed by atoms with van der Waals surface area (Å²) in [5.74, 6) is -4.17. The van der Waals surface area contributed by atoms with Crippen molar-refractivity contribution in [2.24, 2.45) is 0 Å². The van der Waals surface area contributed by atoms with E-state index >= 15 is 0 Å². The zero-order valence-corrected chi connectivity index (χ0v) is 17.0. The van der Waals surface area contributed by atoms with Gasteiger partial charge in [-0.05, 0) is 32.4 Å². The fourth-order valence-electron chi connectivity index (χ4n) is 3.64. The Morgan fingerprint density at radius 2 is 1.94 bits per heavy atom. The van der Waals surface area contributed by atoms with E-state index in [-0.39, 0.29) is 42.2 Å². The molecule has 2 aliphatic rings. The number of carbonyl (C=O) groups is 6. The monoisotopic (exact) mass is 430 g/mol. The number of nitrogens with one attached hydrogen (secondary N) is 2. The molecule has 2 aliphatic heterocycles. The predicted octanol–water partition coefficient (Wildman–Crippen LogP) is -0.179. The van der Waals surface area contributed by atoms with Crippen LogP contribution in [0.5, 0.6) is 0 Å².